The molecule has 1 aromatic carbocycles. The van der Waals surface area contributed by atoms with Crippen LogP contribution in [0.2, 0.25) is 0 Å². The Morgan fingerprint density at radius 3 is 2.43 bits per heavy atom. The van der Waals surface area contributed by atoms with Gasteiger partial charge in [-0.25, -0.2) is 0 Å². The quantitative estimate of drug-likeness (QED) is 0.571. The van der Waals surface area contributed by atoms with E-state index in [1.807, 2.05) is 6.07 Å². The Balaban J connectivity index is 2.56. The molecule has 0 aliphatic heterocycles. The summed E-state index contributed by atoms with van der Waals surface area (Å²) in [5, 5.41) is 3.25. The minimum absolute atomic E-state index is 0.153. The SMILES string of the molecule is COCNCC(C)(C)c1ccccc1. The maximum Gasteiger partial charge on any atom is 0.0961 e. The second-order valence-corrected chi connectivity index (χ2v) is 4.11. The molecule has 0 unspecified atom stereocenters. The van der Waals surface area contributed by atoms with Crippen LogP contribution in [0.15, 0.2) is 30.3 Å². The fraction of sp³-hybridized carbons (Fsp3) is 0.500. The van der Waals surface area contributed by atoms with Gasteiger partial charge in [0.25, 0.3) is 0 Å². The summed E-state index contributed by atoms with van der Waals surface area (Å²) in [5.41, 5.74) is 1.50. The van der Waals surface area contributed by atoms with E-state index >= 15 is 0 Å². The smallest absolute Gasteiger partial charge is 0.0961 e. The van der Waals surface area contributed by atoms with Gasteiger partial charge < -0.3 is 4.74 Å². The van der Waals surface area contributed by atoms with Gasteiger partial charge in [0, 0.05) is 19.1 Å². The molecule has 0 aliphatic carbocycles. The first kappa shape index (κ1) is 11.2. The van der Waals surface area contributed by atoms with Crippen molar-refractivity contribution < 1.29 is 4.74 Å². The third-order valence-electron chi connectivity index (χ3n) is 2.37. The van der Waals surface area contributed by atoms with Gasteiger partial charge in [-0.15, -0.1) is 0 Å². The molecule has 0 heterocycles. The summed E-state index contributed by atoms with van der Waals surface area (Å²) in [7, 11) is 1.70. The highest BCUT2D eigenvalue weighted by Crippen LogP contribution is 2.21. The van der Waals surface area contributed by atoms with Gasteiger partial charge in [-0.3, -0.25) is 5.32 Å². The van der Waals surface area contributed by atoms with E-state index < -0.39 is 0 Å². The van der Waals surface area contributed by atoms with Crippen LogP contribution < -0.4 is 5.32 Å². The van der Waals surface area contributed by atoms with Gasteiger partial charge in [0.1, 0.15) is 0 Å². The number of ether oxygens (including phenoxy) is 1. The Kier molecular flexibility index (Phi) is 4.11. The van der Waals surface area contributed by atoms with Crippen LogP contribution in [0.1, 0.15) is 19.4 Å². The van der Waals surface area contributed by atoms with Crippen LogP contribution in [-0.4, -0.2) is 20.4 Å². The molecule has 2 heteroatoms. The highest BCUT2D eigenvalue weighted by molar-refractivity contribution is 5.23. The molecule has 14 heavy (non-hydrogen) atoms. The molecule has 0 saturated heterocycles. The lowest BCUT2D eigenvalue weighted by Crippen LogP contribution is -2.33. The molecular weight excluding hydrogens is 174 g/mol. The Morgan fingerprint density at radius 2 is 1.86 bits per heavy atom. The van der Waals surface area contributed by atoms with Crippen molar-refractivity contribution in [3.63, 3.8) is 0 Å². The normalized spacial score (nSPS) is 11.6. The van der Waals surface area contributed by atoms with Crippen molar-refractivity contribution in [1.29, 1.82) is 0 Å². The van der Waals surface area contributed by atoms with Crippen LogP contribution in [0, 0.1) is 0 Å². The van der Waals surface area contributed by atoms with Crippen molar-refractivity contribution in [2.45, 2.75) is 19.3 Å². The monoisotopic (exact) mass is 193 g/mol. The highest BCUT2D eigenvalue weighted by atomic mass is 16.5. The first-order valence-electron chi connectivity index (χ1n) is 4.92. The Labute approximate surface area is 86.3 Å². The van der Waals surface area contributed by atoms with E-state index in [0.717, 1.165) is 6.54 Å². The summed E-state index contributed by atoms with van der Waals surface area (Å²) in [6, 6.07) is 10.5. The van der Waals surface area contributed by atoms with E-state index in [0.29, 0.717) is 6.73 Å². The van der Waals surface area contributed by atoms with E-state index in [1.54, 1.807) is 7.11 Å². The second kappa shape index (κ2) is 5.13. The van der Waals surface area contributed by atoms with Gasteiger partial charge in [0.2, 0.25) is 0 Å². The number of hydrogen-bond donors (Lipinski definition) is 1. The zero-order valence-corrected chi connectivity index (χ0v) is 9.21. The molecule has 1 N–H and O–H groups in total. The third-order valence-corrected chi connectivity index (χ3v) is 2.37. The second-order valence-electron chi connectivity index (χ2n) is 4.11. The molecule has 0 spiro atoms. The van der Waals surface area contributed by atoms with Gasteiger partial charge in [-0.1, -0.05) is 44.2 Å². The number of methoxy groups -OCH3 is 1. The van der Waals surface area contributed by atoms with E-state index in [4.69, 9.17) is 4.74 Å². The molecule has 0 amide bonds. The van der Waals surface area contributed by atoms with Crippen molar-refractivity contribution >= 4 is 0 Å². The predicted molar refractivity (Wildman–Crippen MR) is 59.3 cm³/mol. The molecule has 78 valence electrons. The van der Waals surface area contributed by atoms with Crippen LogP contribution >= 0.6 is 0 Å². The zero-order valence-electron chi connectivity index (χ0n) is 9.21. The largest absolute Gasteiger partial charge is 0.370 e. The lowest BCUT2D eigenvalue weighted by Gasteiger charge is -2.25. The Bertz CT molecular complexity index is 256. The summed E-state index contributed by atoms with van der Waals surface area (Å²) in [4.78, 5) is 0. The summed E-state index contributed by atoms with van der Waals surface area (Å²) in [5.74, 6) is 0. The minimum Gasteiger partial charge on any atom is -0.370 e. The van der Waals surface area contributed by atoms with Crippen LogP contribution in [0.3, 0.4) is 0 Å². The van der Waals surface area contributed by atoms with Crippen molar-refractivity contribution in [2.75, 3.05) is 20.4 Å². The summed E-state index contributed by atoms with van der Waals surface area (Å²) in [6.07, 6.45) is 0. The molecule has 1 rings (SSSR count). The maximum absolute atomic E-state index is 4.96. The lowest BCUT2D eigenvalue weighted by molar-refractivity contribution is 0.169. The van der Waals surface area contributed by atoms with Crippen molar-refractivity contribution in [3.05, 3.63) is 35.9 Å². The topological polar surface area (TPSA) is 21.3 Å². The standard InChI is InChI=1S/C12H19NO/c1-12(2,9-13-10-14-3)11-7-5-4-6-8-11/h4-8,13H,9-10H2,1-3H3. The van der Waals surface area contributed by atoms with Crippen molar-refractivity contribution in [1.82, 2.24) is 5.32 Å². The predicted octanol–water partition coefficient (Wildman–Crippen LogP) is 2.16. The number of nitrogens with one attached hydrogen (secondary N) is 1. The van der Waals surface area contributed by atoms with E-state index in [2.05, 4.69) is 43.4 Å². The lowest BCUT2D eigenvalue weighted by atomic mass is 9.85. The van der Waals surface area contributed by atoms with E-state index in [1.165, 1.54) is 5.56 Å². The number of hydrogen-bond acceptors (Lipinski definition) is 2. The molecule has 1 aromatic rings. The average molecular weight is 193 g/mol. The summed E-state index contributed by atoms with van der Waals surface area (Å²) >= 11 is 0. The number of rotatable bonds is 5. The molecule has 0 atom stereocenters. The fourth-order valence-corrected chi connectivity index (χ4v) is 1.46. The minimum atomic E-state index is 0.153. The van der Waals surface area contributed by atoms with Gasteiger partial charge in [-0.2, -0.15) is 0 Å². The van der Waals surface area contributed by atoms with E-state index in [9.17, 15) is 0 Å². The van der Waals surface area contributed by atoms with Crippen molar-refractivity contribution in [3.8, 4) is 0 Å². The molecule has 0 bridgehead atoms. The first-order chi connectivity index (χ1) is 6.67. The van der Waals surface area contributed by atoms with Crippen LogP contribution in [0.5, 0.6) is 0 Å². The zero-order chi connectivity index (χ0) is 10.4. The van der Waals surface area contributed by atoms with Crippen LogP contribution in [0.4, 0.5) is 0 Å². The molecular formula is C12H19NO. The summed E-state index contributed by atoms with van der Waals surface area (Å²) < 4.78 is 4.96. The Morgan fingerprint density at radius 1 is 1.21 bits per heavy atom. The first-order valence-corrected chi connectivity index (χ1v) is 4.92. The van der Waals surface area contributed by atoms with Gasteiger partial charge in [-0.05, 0) is 5.56 Å². The number of benzene rings is 1. The molecule has 0 aromatic heterocycles. The maximum atomic E-state index is 4.96. The molecule has 0 saturated carbocycles. The van der Waals surface area contributed by atoms with Gasteiger partial charge in [0.15, 0.2) is 0 Å². The molecule has 2 nitrogen and oxygen atoms in total. The molecule has 0 radical (unpaired) electrons. The fourth-order valence-electron chi connectivity index (χ4n) is 1.46. The van der Waals surface area contributed by atoms with Crippen LogP contribution in [-0.2, 0) is 10.2 Å². The molecule has 0 fully saturated rings. The highest BCUT2D eigenvalue weighted by Gasteiger charge is 2.19. The average Bonchev–Trinajstić information content (AvgIpc) is 2.19. The van der Waals surface area contributed by atoms with Gasteiger partial charge in [0.05, 0.1) is 6.73 Å². The third kappa shape index (κ3) is 3.13. The summed E-state index contributed by atoms with van der Waals surface area (Å²) in [6.45, 7) is 5.98. The Hall–Kier alpha value is -0.860. The van der Waals surface area contributed by atoms with Gasteiger partial charge >= 0.3 is 0 Å². The van der Waals surface area contributed by atoms with Crippen LogP contribution in [0.25, 0.3) is 0 Å². The van der Waals surface area contributed by atoms with Crippen molar-refractivity contribution in [2.24, 2.45) is 0 Å². The molecule has 0 aliphatic rings. The van der Waals surface area contributed by atoms with E-state index in [-0.39, 0.29) is 5.41 Å².